The van der Waals surface area contributed by atoms with Gasteiger partial charge in [0, 0.05) is 5.56 Å². The summed E-state index contributed by atoms with van der Waals surface area (Å²) in [6, 6.07) is 11.5. The van der Waals surface area contributed by atoms with E-state index in [2.05, 4.69) is 57.6 Å². The van der Waals surface area contributed by atoms with Gasteiger partial charge in [-0.15, -0.1) is 5.10 Å². The molecule has 1 aromatic heterocycles. The molecule has 0 spiro atoms. The van der Waals surface area contributed by atoms with E-state index in [4.69, 9.17) is 0 Å². The van der Waals surface area contributed by atoms with Gasteiger partial charge in [-0.1, -0.05) is 43.2 Å². The van der Waals surface area contributed by atoms with Gasteiger partial charge in [-0.3, -0.25) is 0 Å². The summed E-state index contributed by atoms with van der Waals surface area (Å²) in [5.41, 5.74) is 1.33. The number of quaternary nitrogens is 2. The van der Waals surface area contributed by atoms with Crippen molar-refractivity contribution in [1.82, 2.24) is 20.2 Å². The van der Waals surface area contributed by atoms with Crippen LogP contribution in [0.2, 0.25) is 0 Å². The monoisotopic (exact) mass is 328 g/mol. The van der Waals surface area contributed by atoms with Gasteiger partial charge in [0.2, 0.25) is 5.82 Å². The van der Waals surface area contributed by atoms with E-state index in [1.54, 1.807) is 9.80 Å². The van der Waals surface area contributed by atoms with Crippen LogP contribution >= 0.6 is 0 Å². The molecule has 1 aliphatic carbocycles. The fourth-order valence-electron chi connectivity index (χ4n) is 4.30. The molecule has 2 aliphatic rings. The summed E-state index contributed by atoms with van der Waals surface area (Å²) in [6.07, 6.45) is 5.01. The van der Waals surface area contributed by atoms with E-state index in [0.29, 0.717) is 6.04 Å². The number of benzene rings is 1. The van der Waals surface area contributed by atoms with E-state index in [9.17, 15) is 0 Å². The third kappa shape index (κ3) is 3.08. The van der Waals surface area contributed by atoms with Gasteiger partial charge in [-0.2, -0.15) is 0 Å². The van der Waals surface area contributed by atoms with Crippen LogP contribution in [0.25, 0.3) is 0 Å². The summed E-state index contributed by atoms with van der Waals surface area (Å²) in [5, 5.41) is 13.0. The zero-order valence-electron chi connectivity index (χ0n) is 14.5. The smallest absolute Gasteiger partial charge is 0.214 e. The van der Waals surface area contributed by atoms with Crippen molar-refractivity contribution in [2.24, 2.45) is 0 Å². The highest BCUT2D eigenvalue weighted by Crippen LogP contribution is 2.31. The minimum atomic E-state index is 0.245. The maximum Gasteiger partial charge on any atom is 0.214 e. The lowest BCUT2D eigenvalue weighted by atomic mass is 10.0. The van der Waals surface area contributed by atoms with Crippen LogP contribution in [0.1, 0.15) is 49.2 Å². The zero-order chi connectivity index (χ0) is 16.4. The van der Waals surface area contributed by atoms with Crippen LogP contribution in [0, 0.1) is 0 Å². The van der Waals surface area contributed by atoms with Crippen LogP contribution in [0.4, 0.5) is 0 Å². The van der Waals surface area contributed by atoms with Gasteiger partial charge in [0.1, 0.15) is 26.2 Å². The standard InChI is InChI=1S/C18H26N6/c1-22-11-13-23(14-12-22)17(15-7-3-2-4-8-15)18-19-20-21-24(18)16-9-5-6-10-16/h2-4,7-8,16-17H,5-6,9-14H2,1H3/p+2/t17-/m1/s1. The SMILES string of the molecule is C[NH+]1CC[NH+]([C@H](c2ccccc2)c2nnnn2C2CCCC2)CC1. The Morgan fingerprint density at radius 2 is 1.75 bits per heavy atom. The maximum atomic E-state index is 4.51. The Morgan fingerprint density at radius 1 is 1.04 bits per heavy atom. The number of aromatic nitrogens is 4. The predicted octanol–water partition coefficient (Wildman–Crippen LogP) is -0.709. The molecule has 1 saturated heterocycles. The fraction of sp³-hybridized carbons (Fsp3) is 0.611. The molecule has 6 nitrogen and oxygen atoms in total. The highest BCUT2D eigenvalue weighted by molar-refractivity contribution is 5.22. The first kappa shape index (κ1) is 15.7. The van der Waals surface area contributed by atoms with Crippen molar-refractivity contribution in [3.63, 3.8) is 0 Å². The summed E-state index contributed by atoms with van der Waals surface area (Å²) in [4.78, 5) is 3.22. The second-order valence-corrected chi connectivity index (χ2v) is 7.38. The lowest BCUT2D eigenvalue weighted by Crippen LogP contribution is -3.27. The Kier molecular flexibility index (Phi) is 4.58. The lowest BCUT2D eigenvalue weighted by Gasteiger charge is -2.33. The summed E-state index contributed by atoms with van der Waals surface area (Å²) >= 11 is 0. The van der Waals surface area contributed by atoms with Crippen LogP contribution < -0.4 is 9.80 Å². The van der Waals surface area contributed by atoms with E-state index >= 15 is 0 Å². The normalized spacial score (nSPS) is 26.5. The summed E-state index contributed by atoms with van der Waals surface area (Å²) < 4.78 is 2.14. The minimum Gasteiger partial charge on any atom is -0.328 e. The van der Waals surface area contributed by atoms with Crippen LogP contribution in [-0.2, 0) is 0 Å². The van der Waals surface area contributed by atoms with Crippen molar-refractivity contribution in [2.45, 2.75) is 37.8 Å². The van der Waals surface area contributed by atoms with Gasteiger partial charge in [0.25, 0.3) is 0 Å². The van der Waals surface area contributed by atoms with Crippen molar-refractivity contribution < 1.29 is 9.80 Å². The topological polar surface area (TPSA) is 52.5 Å². The number of nitrogens with one attached hydrogen (secondary N) is 2. The van der Waals surface area contributed by atoms with Gasteiger partial charge in [0.15, 0.2) is 6.04 Å². The molecule has 1 aromatic carbocycles. The molecule has 0 amide bonds. The summed E-state index contributed by atoms with van der Waals surface area (Å²) in [7, 11) is 2.29. The molecule has 1 saturated carbocycles. The first-order valence-electron chi connectivity index (χ1n) is 9.31. The third-order valence-corrected chi connectivity index (χ3v) is 5.73. The molecule has 2 fully saturated rings. The van der Waals surface area contributed by atoms with Crippen LogP contribution in [0.5, 0.6) is 0 Å². The molecule has 128 valence electrons. The number of rotatable bonds is 4. The number of piperazine rings is 1. The van der Waals surface area contributed by atoms with Crippen LogP contribution in [-0.4, -0.2) is 53.4 Å². The zero-order valence-corrected chi connectivity index (χ0v) is 14.5. The molecule has 4 rings (SSSR count). The second kappa shape index (κ2) is 6.99. The molecule has 2 N–H and O–H groups in total. The molecule has 0 unspecified atom stereocenters. The van der Waals surface area contributed by atoms with Gasteiger partial charge in [-0.25, -0.2) is 4.68 Å². The predicted molar refractivity (Wildman–Crippen MR) is 90.9 cm³/mol. The Bertz CT molecular complexity index is 641. The molecule has 1 atom stereocenters. The van der Waals surface area contributed by atoms with E-state index in [1.165, 1.54) is 57.4 Å². The Morgan fingerprint density at radius 3 is 2.46 bits per heavy atom. The van der Waals surface area contributed by atoms with E-state index in [1.807, 2.05) is 0 Å². The Balaban J connectivity index is 1.69. The highest BCUT2D eigenvalue weighted by atomic mass is 15.6. The van der Waals surface area contributed by atoms with Gasteiger partial charge >= 0.3 is 0 Å². The van der Waals surface area contributed by atoms with Gasteiger partial charge < -0.3 is 9.80 Å². The van der Waals surface area contributed by atoms with Gasteiger partial charge in [0.05, 0.1) is 13.1 Å². The molecule has 2 heterocycles. The first-order chi connectivity index (χ1) is 11.8. The van der Waals surface area contributed by atoms with Gasteiger partial charge in [-0.05, 0) is 23.3 Å². The minimum absolute atomic E-state index is 0.245. The summed E-state index contributed by atoms with van der Waals surface area (Å²) in [6.45, 7) is 4.76. The molecule has 2 aromatic rings. The van der Waals surface area contributed by atoms with Crippen LogP contribution in [0.15, 0.2) is 30.3 Å². The second-order valence-electron chi connectivity index (χ2n) is 7.38. The quantitative estimate of drug-likeness (QED) is 0.780. The number of hydrogen-bond donors (Lipinski definition) is 2. The van der Waals surface area contributed by atoms with E-state index in [0.717, 1.165) is 5.82 Å². The summed E-state index contributed by atoms with van der Waals surface area (Å²) in [5.74, 6) is 1.06. The molecule has 24 heavy (non-hydrogen) atoms. The average Bonchev–Trinajstić information content (AvgIpc) is 3.29. The number of likely N-dealkylation sites (N-methyl/N-ethyl adjacent to an activating group) is 1. The number of tetrazole rings is 1. The first-order valence-corrected chi connectivity index (χ1v) is 9.31. The van der Waals surface area contributed by atoms with Crippen molar-refractivity contribution in [3.8, 4) is 0 Å². The lowest BCUT2D eigenvalue weighted by molar-refractivity contribution is -1.02. The molecule has 0 bridgehead atoms. The molecular formula is C18H28N6+2. The van der Waals surface area contributed by atoms with Crippen molar-refractivity contribution >= 4 is 0 Å². The fourth-order valence-corrected chi connectivity index (χ4v) is 4.30. The maximum absolute atomic E-state index is 4.51. The molecular weight excluding hydrogens is 300 g/mol. The average molecular weight is 328 g/mol. The highest BCUT2D eigenvalue weighted by Gasteiger charge is 2.36. The Hall–Kier alpha value is -1.79. The van der Waals surface area contributed by atoms with Crippen molar-refractivity contribution in [1.29, 1.82) is 0 Å². The largest absolute Gasteiger partial charge is 0.328 e. The van der Waals surface area contributed by atoms with Crippen LogP contribution in [0.3, 0.4) is 0 Å². The Labute approximate surface area is 143 Å². The number of nitrogens with zero attached hydrogens (tertiary/aromatic N) is 4. The van der Waals surface area contributed by atoms with E-state index in [-0.39, 0.29) is 6.04 Å². The van der Waals surface area contributed by atoms with Crippen molar-refractivity contribution in [3.05, 3.63) is 41.7 Å². The van der Waals surface area contributed by atoms with E-state index < -0.39 is 0 Å². The van der Waals surface area contributed by atoms with Crippen molar-refractivity contribution in [2.75, 3.05) is 33.2 Å². The molecule has 0 radical (unpaired) electrons. The number of hydrogen-bond acceptors (Lipinski definition) is 3. The molecule has 1 aliphatic heterocycles. The molecule has 6 heteroatoms. The third-order valence-electron chi connectivity index (χ3n) is 5.73.